The van der Waals surface area contributed by atoms with Crippen LogP contribution in [-0.2, 0) is 4.79 Å². The fourth-order valence-electron chi connectivity index (χ4n) is 2.41. The zero-order valence-corrected chi connectivity index (χ0v) is 10.9. The van der Waals surface area contributed by atoms with Gasteiger partial charge in [0.05, 0.1) is 17.3 Å². The topological polar surface area (TPSA) is 56.1 Å². The van der Waals surface area contributed by atoms with Crippen molar-refractivity contribution in [3.8, 4) is 6.07 Å². The zero-order valence-electron chi connectivity index (χ0n) is 10.9. The predicted molar refractivity (Wildman–Crippen MR) is 70.2 cm³/mol. The van der Waals surface area contributed by atoms with E-state index >= 15 is 0 Å². The summed E-state index contributed by atoms with van der Waals surface area (Å²) >= 11 is 0. The van der Waals surface area contributed by atoms with Crippen LogP contribution in [0, 0.1) is 11.3 Å². The molecule has 1 aliphatic rings. The molecule has 1 fully saturated rings. The van der Waals surface area contributed by atoms with Crippen molar-refractivity contribution in [3.63, 3.8) is 0 Å². The van der Waals surface area contributed by atoms with Crippen molar-refractivity contribution in [3.05, 3.63) is 29.8 Å². The number of nitrogens with zero attached hydrogens (tertiary/aromatic N) is 2. The molecule has 4 nitrogen and oxygen atoms in total. The molecular formula is C14H17N3O. The number of carbonyl (C=O) groups excluding carboxylic acids is 1. The second-order valence-electron chi connectivity index (χ2n) is 5.30. The van der Waals surface area contributed by atoms with Crippen molar-refractivity contribution in [1.82, 2.24) is 5.32 Å². The lowest BCUT2D eigenvalue weighted by atomic mass is 9.97. The van der Waals surface area contributed by atoms with Crippen LogP contribution in [0.5, 0.6) is 0 Å². The van der Waals surface area contributed by atoms with Gasteiger partial charge >= 0.3 is 0 Å². The van der Waals surface area contributed by atoms with Gasteiger partial charge in [0.2, 0.25) is 5.91 Å². The van der Waals surface area contributed by atoms with Crippen molar-refractivity contribution < 1.29 is 4.79 Å². The Morgan fingerprint density at radius 3 is 2.78 bits per heavy atom. The van der Waals surface area contributed by atoms with Crippen LogP contribution in [0.15, 0.2) is 24.3 Å². The highest BCUT2D eigenvalue weighted by molar-refractivity contribution is 5.99. The maximum Gasteiger partial charge on any atom is 0.243 e. The molecule has 0 radical (unpaired) electrons. The van der Waals surface area contributed by atoms with E-state index in [1.165, 1.54) is 0 Å². The zero-order chi connectivity index (χ0) is 13.3. The Morgan fingerprint density at radius 2 is 2.11 bits per heavy atom. The van der Waals surface area contributed by atoms with Gasteiger partial charge in [0.15, 0.2) is 0 Å². The number of amides is 1. The van der Waals surface area contributed by atoms with E-state index in [-0.39, 0.29) is 17.5 Å². The standard InChI is InChI=1S/C14H17N3O/c1-10-13(18)17(9-14(2,3)16-10)12-7-5-4-6-11(12)8-15/h4-7,10,16H,9H2,1-3H3. The van der Waals surface area contributed by atoms with Crippen LogP contribution in [-0.4, -0.2) is 24.0 Å². The van der Waals surface area contributed by atoms with Crippen LogP contribution in [0.3, 0.4) is 0 Å². The van der Waals surface area contributed by atoms with E-state index in [1.54, 1.807) is 11.0 Å². The first-order valence-corrected chi connectivity index (χ1v) is 6.03. The first-order chi connectivity index (χ1) is 8.44. The molecule has 1 atom stereocenters. The summed E-state index contributed by atoms with van der Waals surface area (Å²) in [5.41, 5.74) is 1.08. The van der Waals surface area contributed by atoms with E-state index in [2.05, 4.69) is 25.2 Å². The smallest absolute Gasteiger partial charge is 0.243 e. The number of hydrogen-bond donors (Lipinski definition) is 1. The van der Waals surface area contributed by atoms with E-state index in [4.69, 9.17) is 5.26 Å². The molecule has 1 aliphatic heterocycles. The third-order valence-corrected chi connectivity index (χ3v) is 3.11. The number of nitriles is 1. The van der Waals surface area contributed by atoms with Gasteiger partial charge in [-0.05, 0) is 32.9 Å². The van der Waals surface area contributed by atoms with Gasteiger partial charge in [-0.15, -0.1) is 0 Å². The van der Waals surface area contributed by atoms with E-state index in [0.29, 0.717) is 17.8 Å². The van der Waals surface area contributed by atoms with Gasteiger partial charge in [0.25, 0.3) is 0 Å². The third-order valence-electron chi connectivity index (χ3n) is 3.11. The molecule has 1 unspecified atom stereocenters. The Kier molecular flexibility index (Phi) is 3.10. The summed E-state index contributed by atoms with van der Waals surface area (Å²) in [4.78, 5) is 13.9. The molecule has 0 spiro atoms. The van der Waals surface area contributed by atoms with Crippen LogP contribution < -0.4 is 10.2 Å². The second kappa shape index (κ2) is 4.43. The number of rotatable bonds is 1. The van der Waals surface area contributed by atoms with Gasteiger partial charge in [-0.1, -0.05) is 12.1 Å². The SMILES string of the molecule is CC1NC(C)(C)CN(c2ccccc2C#N)C1=O. The monoisotopic (exact) mass is 243 g/mol. The Morgan fingerprint density at radius 1 is 1.44 bits per heavy atom. The Balaban J connectivity index is 2.43. The summed E-state index contributed by atoms with van der Waals surface area (Å²) in [6.07, 6.45) is 0. The summed E-state index contributed by atoms with van der Waals surface area (Å²) in [6.45, 7) is 6.52. The average Bonchev–Trinajstić information content (AvgIpc) is 2.33. The first kappa shape index (κ1) is 12.6. The number of benzene rings is 1. The lowest BCUT2D eigenvalue weighted by Crippen LogP contribution is -2.64. The minimum atomic E-state index is -0.236. The maximum atomic E-state index is 12.2. The van der Waals surface area contributed by atoms with E-state index in [1.807, 2.05) is 25.1 Å². The van der Waals surface area contributed by atoms with Crippen molar-refractivity contribution in [2.75, 3.05) is 11.4 Å². The molecule has 1 saturated heterocycles. The highest BCUT2D eigenvalue weighted by atomic mass is 16.2. The van der Waals surface area contributed by atoms with Gasteiger partial charge in [-0.25, -0.2) is 0 Å². The Bertz CT molecular complexity index is 516. The molecule has 1 aromatic carbocycles. The molecule has 0 bridgehead atoms. The minimum Gasteiger partial charge on any atom is -0.308 e. The van der Waals surface area contributed by atoms with Gasteiger partial charge in [0.1, 0.15) is 6.07 Å². The largest absolute Gasteiger partial charge is 0.308 e. The first-order valence-electron chi connectivity index (χ1n) is 6.03. The Hall–Kier alpha value is -1.86. The predicted octanol–water partition coefficient (Wildman–Crippen LogP) is 1.66. The lowest BCUT2D eigenvalue weighted by molar-refractivity contribution is -0.122. The highest BCUT2D eigenvalue weighted by Crippen LogP contribution is 2.25. The van der Waals surface area contributed by atoms with Crippen LogP contribution in [0.1, 0.15) is 26.3 Å². The number of piperazine rings is 1. The minimum absolute atomic E-state index is 0.0111. The molecule has 4 heteroatoms. The van der Waals surface area contributed by atoms with Gasteiger partial charge in [-0.2, -0.15) is 5.26 Å². The Labute approximate surface area is 107 Å². The summed E-state index contributed by atoms with van der Waals surface area (Å²) in [7, 11) is 0. The number of carbonyl (C=O) groups is 1. The highest BCUT2D eigenvalue weighted by Gasteiger charge is 2.36. The van der Waals surface area contributed by atoms with E-state index < -0.39 is 0 Å². The molecule has 18 heavy (non-hydrogen) atoms. The summed E-state index contributed by atoms with van der Waals surface area (Å²) in [6, 6.07) is 9.13. The molecule has 0 saturated carbocycles. The van der Waals surface area contributed by atoms with Gasteiger partial charge < -0.3 is 4.90 Å². The summed E-state index contributed by atoms with van der Waals surface area (Å²) < 4.78 is 0. The van der Waals surface area contributed by atoms with Crippen LogP contribution in [0.2, 0.25) is 0 Å². The molecule has 1 heterocycles. The molecule has 0 aliphatic carbocycles. The average molecular weight is 243 g/mol. The van der Waals surface area contributed by atoms with E-state index in [9.17, 15) is 4.79 Å². The number of para-hydroxylation sites is 1. The molecule has 1 N–H and O–H groups in total. The van der Waals surface area contributed by atoms with Crippen molar-refractivity contribution >= 4 is 11.6 Å². The van der Waals surface area contributed by atoms with Gasteiger partial charge in [0, 0.05) is 12.1 Å². The number of anilines is 1. The molecule has 2 rings (SSSR count). The molecule has 1 aromatic rings. The lowest BCUT2D eigenvalue weighted by Gasteiger charge is -2.42. The number of nitrogens with one attached hydrogen (secondary N) is 1. The fourth-order valence-corrected chi connectivity index (χ4v) is 2.41. The van der Waals surface area contributed by atoms with Crippen molar-refractivity contribution in [1.29, 1.82) is 5.26 Å². The van der Waals surface area contributed by atoms with Crippen molar-refractivity contribution in [2.45, 2.75) is 32.4 Å². The quantitative estimate of drug-likeness (QED) is 0.816. The molecule has 0 aromatic heterocycles. The molecular weight excluding hydrogens is 226 g/mol. The van der Waals surface area contributed by atoms with E-state index in [0.717, 1.165) is 0 Å². The van der Waals surface area contributed by atoms with Gasteiger partial charge in [-0.3, -0.25) is 10.1 Å². The molecule has 94 valence electrons. The normalized spacial score (nSPS) is 22.7. The summed E-state index contributed by atoms with van der Waals surface area (Å²) in [5.74, 6) is 0.0111. The van der Waals surface area contributed by atoms with Crippen molar-refractivity contribution in [2.24, 2.45) is 0 Å². The third kappa shape index (κ3) is 2.22. The van der Waals surface area contributed by atoms with Crippen LogP contribution in [0.4, 0.5) is 5.69 Å². The molecule has 1 amide bonds. The number of hydrogen-bond acceptors (Lipinski definition) is 3. The second-order valence-corrected chi connectivity index (χ2v) is 5.30. The maximum absolute atomic E-state index is 12.2. The van der Waals surface area contributed by atoms with Crippen LogP contribution in [0.25, 0.3) is 0 Å². The summed E-state index contributed by atoms with van der Waals surface area (Å²) in [5, 5.41) is 12.4. The fraction of sp³-hybridized carbons (Fsp3) is 0.429. The van der Waals surface area contributed by atoms with Crippen LogP contribution >= 0.6 is 0 Å².